The largest absolute Gasteiger partial charge is 0.351 e. The summed E-state index contributed by atoms with van der Waals surface area (Å²) in [5.41, 5.74) is 5.41. The Bertz CT molecular complexity index is 312. The first-order valence-electron chi connectivity index (χ1n) is 3.43. The molecule has 3 nitrogen and oxygen atoms in total. The molecule has 0 saturated heterocycles. The molecule has 1 aromatic rings. The Morgan fingerprint density at radius 3 is 2.83 bits per heavy atom. The fraction of sp³-hybridized carbons (Fsp3) is 0.125. The summed E-state index contributed by atoms with van der Waals surface area (Å²) in [6.45, 7) is 1.61. The van der Waals surface area contributed by atoms with Gasteiger partial charge in [0.15, 0.2) is 0 Å². The van der Waals surface area contributed by atoms with Crippen LogP contribution in [0.2, 0.25) is 0 Å². The lowest BCUT2D eigenvalue weighted by atomic mass is 10.2. The van der Waals surface area contributed by atoms with Crippen molar-refractivity contribution in [3.05, 3.63) is 29.6 Å². The lowest BCUT2D eigenvalue weighted by molar-refractivity contribution is 0.259. The van der Waals surface area contributed by atoms with Crippen molar-refractivity contribution in [2.24, 2.45) is 5.73 Å². The van der Waals surface area contributed by atoms with E-state index in [1.54, 1.807) is 19.1 Å². The molecular weight excluding hydrogens is 159 g/mol. The van der Waals surface area contributed by atoms with E-state index in [9.17, 15) is 9.18 Å². The van der Waals surface area contributed by atoms with Crippen LogP contribution in [0, 0.1) is 12.7 Å². The average molecular weight is 168 g/mol. The summed E-state index contributed by atoms with van der Waals surface area (Å²) in [4.78, 5) is 10.4. The highest BCUT2D eigenvalue weighted by molar-refractivity contribution is 5.87. The van der Waals surface area contributed by atoms with Gasteiger partial charge in [-0.05, 0) is 18.6 Å². The number of nitrogens with two attached hydrogens (primary N) is 1. The highest BCUT2D eigenvalue weighted by Crippen LogP contribution is 2.16. The Kier molecular flexibility index (Phi) is 2.28. The molecular formula is C8H9FN2O. The number of anilines is 1. The summed E-state index contributed by atoms with van der Waals surface area (Å²) >= 11 is 0. The number of amides is 2. The maximum Gasteiger partial charge on any atom is 0.316 e. The first-order valence-corrected chi connectivity index (χ1v) is 3.43. The number of carbonyl (C=O) groups excluding carboxylic acids is 1. The average Bonchev–Trinajstić information content (AvgIpc) is 1.98. The van der Waals surface area contributed by atoms with Gasteiger partial charge in [0.1, 0.15) is 5.82 Å². The van der Waals surface area contributed by atoms with E-state index in [-0.39, 0.29) is 5.69 Å². The highest BCUT2D eigenvalue weighted by Gasteiger charge is 2.04. The SMILES string of the molecule is Cc1cccc(NC(N)=O)c1F. The number of primary amides is 1. The van der Waals surface area contributed by atoms with Crippen molar-refractivity contribution >= 4 is 11.7 Å². The fourth-order valence-corrected chi connectivity index (χ4v) is 0.877. The molecule has 0 atom stereocenters. The molecule has 4 heteroatoms. The second-order valence-corrected chi connectivity index (χ2v) is 2.43. The zero-order chi connectivity index (χ0) is 9.14. The van der Waals surface area contributed by atoms with Crippen molar-refractivity contribution < 1.29 is 9.18 Å². The molecule has 2 amide bonds. The summed E-state index contributed by atoms with van der Waals surface area (Å²) in [5.74, 6) is -0.448. The maximum atomic E-state index is 13.1. The molecule has 0 heterocycles. The van der Waals surface area contributed by atoms with Crippen LogP contribution >= 0.6 is 0 Å². The number of nitrogens with one attached hydrogen (secondary N) is 1. The molecule has 0 fully saturated rings. The zero-order valence-corrected chi connectivity index (χ0v) is 6.60. The van der Waals surface area contributed by atoms with Gasteiger partial charge in [-0.15, -0.1) is 0 Å². The van der Waals surface area contributed by atoms with Gasteiger partial charge in [0.05, 0.1) is 5.69 Å². The quantitative estimate of drug-likeness (QED) is 0.657. The molecule has 0 aromatic heterocycles. The number of halogens is 1. The first-order chi connectivity index (χ1) is 5.61. The molecule has 0 aliphatic heterocycles. The molecule has 1 rings (SSSR count). The van der Waals surface area contributed by atoms with Gasteiger partial charge in [0, 0.05) is 0 Å². The number of rotatable bonds is 1. The second-order valence-electron chi connectivity index (χ2n) is 2.43. The fourth-order valence-electron chi connectivity index (χ4n) is 0.877. The van der Waals surface area contributed by atoms with Crippen molar-refractivity contribution in [1.29, 1.82) is 0 Å². The molecule has 0 spiro atoms. The highest BCUT2D eigenvalue weighted by atomic mass is 19.1. The summed E-state index contributed by atoms with van der Waals surface area (Å²) in [6, 6.07) is 3.94. The molecule has 1 aromatic carbocycles. The maximum absolute atomic E-state index is 13.1. The van der Waals surface area contributed by atoms with Crippen molar-refractivity contribution in [3.8, 4) is 0 Å². The zero-order valence-electron chi connectivity index (χ0n) is 6.60. The summed E-state index contributed by atoms with van der Waals surface area (Å²) in [7, 11) is 0. The molecule has 0 saturated carbocycles. The molecule has 0 unspecified atom stereocenters. The van der Waals surface area contributed by atoms with Gasteiger partial charge < -0.3 is 11.1 Å². The summed E-state index contributed by atoms with van der Waals surface area (Å²) in [6.07, 6.45) is 0. The number of aryl methyl sites for hydroxylation is 1. The van der Waals surface area contributed by atoms with Crippen LogP contribution in [-0.4, -0.2) is 6.03 Å². The smallest absolute Gasteiger partial charge is 0.316 e. The van der Waals surface area contributed by atoms with Gasteiger partial charge in [-0.25, -0.2) is 9.18 Å². The third kappa shape index (κ3) is 1.72. The molecule has 12 heavy (non-hydrogen) atoms. The minimum absolute atomic E-state index is 0.113. The predicted molar refractivity (Wildman–Crippen MR) is 44.3 cm³/mol. The van der Waals surface area contributed by atoms with Crippen LogP contribution in [0.4, 0.5) is 14.9 Å². The van der Waals surface area contributed by atoms with E-state index in [0.717, 1.165) is 0 Å². The van der Waals surface area contributed by atoms with Crippen molar-refractivity contribution in [1.82, 2.24) is 0 Å². The monoisotopic (exact) mass is 168 g/mol. The van der Waals surface area contributed by atoms with Crippen LogP contribution in [0.25, 0.3) is 0 Å². The van der Waals surface area contributed by atoms with Crippen molar-refractivity contribution in [2.75, 3.05) is 5.32 Å². The van der Waals surface area contributed by atoms with Crippen LogP contribution in [-0.2, 0) is 0 Å². The Morgan fingerprint density at radius 1 is 1.58 bits per heavy atom. The summed E-state index contributed by atoms with van der Waals surface area (Å²) < 4.78 is 13.1. The molecule has 64 valence electrons. The van der Waals surface area contributed by atoms with Crippen LogP contribution < -0.4 is 11.1 Å². The second kappa shape index (κ2) is 3.21. The number of urea groups is 1. The van der Waals surface area contributed by atoms with Gasteiger partial charge >= 0.3 is 6.03 Å². The molecule has 0 radical (unpaired) electrons. The van der Waals surface area contributed by atoms with Crippen LogP contribution in [0.5, 0.6) is 0 Å². The Labute approximate surface area is 69.4 Å². The van der Waals surface area contributed by atoms with Gasteiger partial charge in [-0.1, -0.05) is 12.1 Å². The first kappa shape index (κ1) is 8.52. The molecule has 0 aliphatic rings. The Morgan fingerprint density at radius 2 is 2.25 bits per heavy atom. The Balaban J connectivity index is 3.00. The van der Waals surface area contributed by atoms with Gasteiger partial charge in [0.25, 0.3) is 0 Å². The van der Waals surface area contributed by atoms with E-state index < -0.39 is 11.8 Å². The van der Waals surface area contributed by atoms with E-state index >= 15 is 0 Å². The molecule has 0 bridgehead atoms. The van der Waals surface area contributed by atoms with Crippen LogP contribution in [0.15, 0.2) is 18.2 Å². The number of carbonyl (C=O) groups is 1. The van der Waals surface area contributed by atoms with Gasteiger partial charge in [0.2, 0.25) is 0 Å². The summed E-state index contributed by atoms with van der Waals surface area (Å²) in [5, 5.41) is 2.18. The molecule has 0 aliphatic carbocycles. The predicted octanol–water partition coefficient (Wildman–Crippen LogP) is 1.62. The lowest BCUT2D eigenvalue weighted by Crippen LogP contribution is -2.20. The number of hydrogen-bond acceptors (Lipinski definition) is 1. The van der Waals surface area contributed by atoms with E-state index in [1.165, 1.54) is 6.07 Å². The lowest BCUT2D eigenvalue weighted by Gasteiger charge is -2.04. The minimum atomic E-state index is -0.764. The Hall–Kier alpha value is -1.58. The van der Waals surface area contributed by atoms with E-state index in [0.29, 0.717) is 5.56 Å². The van der Waals surface area contributed by atoms with Crippen LogP contribution in [0.3, 0.4) is 0 Å². The van der Waals surface area contributed by atoms with Crippen molar-refractivity contribution in [3.63, 3.8) is 0 Å². The van der Waals surface area contributed by atoms with Crippen molar-refractivity contribution in [2.45, 2.75) is 6.92 Å². The number of hydrogen-bond donors (Lipinski definition) is 2. The van der Waals surface area contributed by atoms with Gasteiger partial charge in [-0.2, -0.15) is 0 Å². The standard InChI is InChI=1S/C8H9FN2O/c1-5-3-2-4-6(7(5)9)11-8(10)12/h2-4H,1H3,(H3,10,11,12). The number of benzene rings is 1. The van der Waals surface area contributed by atoms with Crippen LogP contribution in [0.1, 0.15) is 5.56 Å². The third-order valence-electron chi connectivity index (χ3n) is 1.45. The molecule has 3 N–H and O–H groups in total. The minimum Gasteiger partial charge on any atom is -0.351 e. The third-order valence-corrected chi connectivity index (χ3v) is 1.45. The van der Waals surface area contributed by atoms with E-state index in [1.807, 2.05) is 0 Å². The topological polar surface area (TPSA) is 55.1 Å². The van der Waals surface area contributed by atoms with E-state index in [4.69, 9.17) is 5.73 Å². The van der Waals surface area contributed by atoms with Gasteiger partial charge in [-0.3, -0.25) is 0 Å². The van der Waals surface area contributed by atoms with E-state index in [2.05, 4.69) is 5.32 Å². The normalized spacial score (nSPS) is 9.50.